The average molecular weight is 394 g/mol. The van der Waals surface area contributed by atoms with Gasteiger partial charge < -0.3 is 4.74 Å². The van der Waals surface area contributed by atoms with E-state index in [1.165, 1.54) is 25.5 Å². The molecule has 1 aliphatic carbocycles. The number of unbranched alkanes of at least 4 members (excludes halogenated alkanes) is 1. The Morgan fingerprint density at radius 3 is 2.62 bits per heavy atom. The summed E-state index contributed by atoms with van der Waals surface area (Å²) in [4.78, 5) is 15.4. The van der Waals surface area contributed by atoms with Gasteiger partial charge in [-0.2, -0.15) is 5.10 Å². The van der Waals surface area contributed by atoms with Crippen molar-refractivity contribution < 1.29 is 9.66 Å². The van der Waals surface area contributed by atoms with Gasteiger partial charge in [0.2, 0.25) is 5.65 Å². The van der Waals surface area contributed by atoms with Crippen molar-refractivity contribution in [3.63, 3.8) is 0 Å². The molecule has 0 unspecified atom stereocenters. The summed E-state index contributed by atoms with van der Waals surface area (Å²) in [5, 5.41) is 15.7. The Hall–Kier alpha value is -2.96. The second kappa shape index (κ2) is 8.59. The molecule has 0 radical (unpaired) electrons. The van der Waals surface area contributed by atoms with E-state index < -0.39 is 4.92 Å². The van der Waals surface area contributed by atoms with Gasteiger partial charge in [0.25, 0.3) is 0 Å². The van der Waals surface area contributed by atoms with Crippen molar-refractivity contribution in [2.45, 2.75) is 57.8 Å². The lowest BCUT2D eigenvalue weighted by Crippen LogP contribution is -2.12. The van der Waals surface area contributed by atoms with Crippen LogP contribution in [0.2, 0.25) is 0 Å². The second-order valence-corrected chi connectivity index (χ2v) is 7.64. The van der Waals surface area contributed by atoms with E-state index in [4.69, 9.17) is 4.74 Å². The van der Waals surface area contributed by atoms with E-state index >= 15 is 0 Å². The molecule has 1 aliphatic rings. The summed E-state index contributed by atoms with van der Waals surface area (Å²) in [6.45, 7) is 2.86. The molecule has 7 heteroatoms. The van der Waals surface area contributed by atoms with Crippen molar-refractivity contribution in [1.82, 2.24) is 14.6 Å². The van der Waals surface area contributed by atoms with Gasteiger partial charge in [-0.05, 0) is 37.0 Å². The van der Waals surface area contributed by atoms with E-state index in [-0.39, 0.29) is 5.69 Å². The van der Waals surface area contributed by atoms with E-state index in [9.17, 15) is 10.1 Å². The van der Waals surface area contributed by atoms with E-state index in [1.807, 2.05) is 24.3 Å². The fraction of sp³-hybridized carbons (Fsp3) is 0.455. The highest BCUT2D eigenvalue weighted by molar-refractivity contribution is 5.70. The van der Waals surface area contributed by atoms with E-state index in [2.05, 4.69) is 17.0 Å². The predicted octanol–water partition coefficient (Wildman–Crippen LogP) is 5.53. The number of nitro groups is 1. The Morgan fingerprint density at radius 2 is 1.93 bits per heavy atom. The summed E-state index contributed by atoms with van der Waals surface area (Å²) in [5.41, 5.74) is 3.32. The van der Waals surface area contributed by atoms with Crippen molar-refractivity contribution in [2.75, 3.05) is 6.61 Å². The zero-order valence-electron chi connectivity index (χ0n) is 16.7. The van der Waals surface area contributed by atoms with Crippen LogP contribution in [0.1, 0.15) is 63.5 Å². The molecule has 0 bridgehead atoms. The highest BCUT2D eigenvalue weighted by Crippen LogP contribution is 2.39. The Balaban J connectivity index is 1.76. The van der Waals surface area contributed by atoms with Crippen molar-refractivity contribution in [1.29, 1.82) is 0 Å². The maximum atomic E-state index is 11.4. The molecule has 29 heavy (non-hydrogen) atoms. The second-order valence-electron chi connectivity index (χ2n) is 7.64. The average Bonchev–Trinajstić information content (AvgIpc) is 3.19. The molecule has 7 nitrogen and oxygen atoms in total. The van der Waals surface area contributed by atoms with Crippen LogP contribution in [0, 0.1) is 10.1 Å². The van der Waals surface area contributed by atoms with Gasteiger partial charge in [0.1, 0.15) is 11.9 Å². The van der Waals surface area contributed by atoms with E-state index in [1.54, 1.807) is 10.7 Å². The lowest BCUT2D eigenvalue weighted by atomic mass is 9.84. The van der Waals surface area contributed by atoms with Gasteiger partial charge in [0.15, 0.2) is 0 Å². The molecular weight excluding hydrogens is 368 g/mol. The van der Waals surface area contributed by atoms with Crippen LogP contribution in [-0.4, -0.2) is 26.1 Å². The molecule has 2 heterocycles. The molecule has 3 aromatic rings. The Labute approximate surface area is 169 Å². The number of ether oxygens (including phenoxy) is 1. The molecule has 1 aromatic carbocycles. The maximum Gasteiger partial charge on any atom is 0.333 e. The summed E-state index contributed by atoms with van der Waals surface area (Å²) in [6, 6.07) is 8.03. The minimum atomic E-state index is -0.415. The minimum Gasteiger partial charge on any atom is -0.494 e. The number of nitrogens with zero attached hydrogens (tertiary/aromatic N) is 4. The highest BCUT2D eigenvalue weighted by atomic mass is 16.6. The molecule has 152 valence electrons. The normalized spacial score (nSPS) is 14.9. The number of rotatable bonds is 7. The van der Waals surface area contributed by atoms with Gasteiger partial charge in [-0.1, -0.05) is 44.7 Å². The SMILES string of the molecule is CCCCOc1ccc(-c2cnc3c([N+](=O)[O-])cnn3c2C2CCCCC2)cc1. The third-order valence-corrected chi connectivity index (χ3v) is 5.67. The van der Waals surface area contributed by atoms with Gasteiger partial charge in [-0.25, -0.2) is 9.50 Å². The number of hydrogen-bond acceptors (Lipinski definition) is 5. The van der Waals surface area contributed by atoms with Gasteiger partial charge in [-0.15, -0.1) is 0 Å². The molecule has 4 rings (SSSR count). The lowest BCUT2D eigenvalue weighted by molar-refractivity contribution is -0.383. The van der Waals surface area contributed by atoms with Crippen molar-refractivity contribution >= 4 is 11.3 Å². The molecule has 0 amide bonds. The first-order valence-electron chi connectivity index (χ1n) is 10.4. The third-order valence-electron chi connectivity index (χ3n) is 5.67. The van der Waals surface area contributed by atoms with Crippen LogP contribution in [0.25, 0.3) is 16.8 Å². The fourth-order valence-electron chi connectivity index (χ4n) is 4.12. The summed E-state index contributed by atoms with van der Waals surface area (Å²) < 4.78 is 7.47. The summed E-state index contributed by atoms with van der Waals surface area (Å²) in [5.74, 6) is 1.18. The summed E-state index contributed by atoms with van der Waals surface area (Å²) in [7, 11) is 0. The molecule has 0 N–H and O–H groups in total. The third kappa shape index (κ3) is 3.95. The zero-order chi connectivity index (χ0) is 20.2. The summed E-state index contributed by atoms with van der Waals surface area (Å²) in [6.07, 6.45) is 10.9. The van der Waals surface area contributed by atoms with Crippen molar-refractivity contribution in [3.05, 3.63) is 52.5 Å². The van der Waals surface area contributed by atoms with Crippen LogP contribution in [0.5, 0.6) is 5.75 Å². The Kier molecular flexibility index (Phi) is 5.74. The Bertz CT molecular complexity index is 991. The first-order valence-corrected chi connectivity index (χ1v) is 10.4. The topological polar surface area (TPSA) is 82.6 Å². The monoisotopic (exact) mass is 394 g/mol. The first-order chi connectivity index (χ1) is 14.2. The van der Waals surface area contributed by atoms with Crippen LogP contribution in [0.4, 0.5) is 5.69 Å². The van der Waals surface area contributed by atoms with Crippen molar-refractivity contribution in [2.24, 2.45) is 0 Å². The number of hydrogen-bond donors (Lipinski definition) is 0. The molecule has 0 aliphatic heterocycles. The molecular formula is C22H26N4O3. The summed E-state index contributed by atoms with van der Waals surface area (Å²) >= 11 is 0. The molecule has 0 saturated heterocycles. The lowest BCUT2D eigenvalue weighted by Gasteiger charge is -2.24. The zero-order valence-corrected chi connectivity index (χ0v) is 16.7. The molecule has 2 aromatic heterocycles. The predicted molar refractivity (Wildman–Crippen MR) is 111 cm³/mol. The largest absolute Gasteiger partial charge is 0.494 e. The standard InChI is InChI=1S/C22H26N4O3/c1-2-3-13-29-18-11-9-16(10-12-18)19-14-23-22-20(26(27)28)15-24-25(22)21(19)17-7-5-4-6-8-17/h9-12,14-15,17H,2-8,13H2,1H3. The van der Waals surface area contributed by atoms with Crippen molar-refractivity contribution in [3.8, 4) is 16.9 Å². The quantitative estimate of drug-likeness (QED) is 0.299. The number of aromatic nitrogens is 3. The number of fused-ring (bicyclic) bond motifs is 1. The highest BCUT2D eigenvalue weighted by Gasteiger charge is 2.26. The molecule has 0 spiro atoms. The van der Waals surface area contributed by atoms with Crippen LogP contribution in [0.15, 0.2) is 36.7 Å². The molecule has 0 atom stereocenters. The van der Waals surface area contributed by atoms with Crippen LogP contribution in [0.3, 0.4) is 0 Å². The van der Waals surface area contributed by atoms with Crippen LogP contribution in [-0.2, 0) is 0 Å². The molecule has 1 fully saturated rings. The van der Waals surface area contributed by atoms with Gasteiger partial charge in [0.05, 0.1) is 17.2 Å². The van der Waals surface area contributed by atoms with E-state index in [0.717, 1.165) is 48.3 Å². The van der Waals surface area contributed by atoms with Gasteiger partial charge in [-0.3, -0.25) is 10.1 Å². The Morgan fingerprint density at radius 1 is 1.17 bits per heavy atom. The first kappa shape index (κ1) is 19.4. The fourth-order valence-corrected chi connectivity index (χ4v) is 4.12. The van der Waals surface area contributed by atoms with E-state index in [0.29, 0.717) is 18.2 Å². The van der Waals surface area contributed by atoms with Crippen LogP contribution < -0.4 is 4.74 Å². The van der Waals surface area contributed by atoms with Gasteiger partial charge >= 0.3 is 5.69 Å². The number of benzene rings is 1. The minimum absolute atomic E-state index is 0.0479. The maximum absolute atomic E-state index is 11.4. The van der Waals surface area contributed by atoms with Gasteiger partial charge in [0, 0.05) is 17.7 Å². The molecule has 1 saturated carbocycles. The smallest absolute Gasteiger partial charge is 0.333 e. The van der Waals surface area contributed by atoms with Crippen LogP contribution >= 0.6 is 0 Å².